The second-order valence-corrected chi connectivity index (χ2v) is 9.79. The summed E-state index contributed by atoms with van der Waals surface area (Å²) in [5.41, 5.74) is -0.533. The molecule has 3 aliphatic heterocycles. The highest BCUT2D eigenvalue weighted by Crippen LogP contribution is 2.33. The first kappa shape index (κ1) is 21.9. The van der Waals surface area contributed by atoms with Crippen molar-refractivity contribution in [1.29, 1.82) is 0 Å². The van der Waals surface area contributed by atoms with Gasteiger partial charge in [-0.15, -0.1) is 0 Å². The number of likely N-dealkylation sites (N-methyl/N-ethyl adjacent to an activating group) is 1. The van der Waals surface area contributed by atoms with Crippen LogP contribution in [0.4, 0.5) is 4.79 Å². The van der Waals surface area contributed by atoms with Crippen LogP contribution in [-0.2, 0) is 14.3 Å². The first-order valence-corrected chi connectivity index (χ1v) is 10.8. The highest BCUT2D eigenvalue weighted by atomic mass is 16.6. The van der Waals surface area contributed by atoms with Crippen LogP contribution < -0.4 is 0 Å². The van der Waals surface area contributed by atoms with Crippen LogP contribution in [0.1, 0.15) is 53.4 Å². The van der Waals surface area contributed by atoms with Crippen molar-refractivity contribution in [1.82, 2.24) is 19.6 Å². The van der Waals surface area contributed by atoms with Gasteiger partial charge < -0.3 is 19.4 Å². The average molecular weight is 409 g/mol. The molecule has 0 aliphatic carbocycles. The van der Waals surface area contributed by atoms with Gasteiger partial charge in [0.2, 0.25) is 11.8 Å². The molecule has 164 valence electrons. The Morgan fingerprint density at radius 2 is 1.69 bits per heavy atom. The third-order valence-electron chi connectivity index (χ3n) is 6.32. The molecule has 0 saturated carbocycles. The van der Waals surface area contributed by atoms with Gasteiger partial charge in [-0.3, -0.25) is 14.5 Å². The molecule has 0 spiro atoms. The summed E-state index contributed by atoms with van der Waals surface area (Å²) in [5.74, 6) is 0.259. The Morgan fingerprint density at radius 1 is 1.07 bits per heavy atom. The van der Waals surface area contributed by atoms with Crippen molar-refractivity contribution in [3.63, 3.8) is 0 Å². The molecule has 0 radical (unpaired) electrons. The predicted octanol–water partition coefficient (Wildman–Crippen LogP) is 1.54. The molecule has 2 bridgehead atoms. The van der Waals surface area contributed by atoms with Crippen molar-refractivity contribution in [2.75, 3.05) is 33.7 Å². The third kappa shape index (κ3) is 4.52. The first-order chi connectivity index (χ1) is 13.5. The van der Waals surface area contributed by atoms with E-state index in [1.54, 1.807) is 4.90 Å². The largest absolute Gasteiger partial charge is 0.444 e. The van der Waals surface area contributed by atoms with E-state index in [0.29, 0.717) is 26.1 Å². The Hall–Kier alpha value is -1.83. The molecule has 3 aliphatic rings. The lowest BCUT2D eigenvalue weighted by Gasteiger charge is -2.42. The van der Waals surface area contributed by atoms with Gasteiger partial charge in [0.1, 0.15) is 5.60 Å². The standard InChI is InChI=1S/C21H36N4O4/c1-7-17(22(5)6)19(27)25-13-15-10-16(25)12-24(15)18(26)11-14-8-9-23(14)20(28)29-21(2,3)4/h14-17H,7-13H2,1-6H3/t14?,15-,16-,17-/m0/s1. The maximum atomic E-state index is 12.9. The predicted molar refractivity (Wildman–Crippen MR) is 109 cm³/mol. The maximum Gasteiger partial charge on any atom is 0.410 e. The van der Waals surface area contributed by atoms with Crippen LogP contribution in [-0.4, -0.2) is 101 Å². The van der Waals surface area contributed by atoms with Gasteiger partial charge in [-0.05, 0) is 54.1 Å². The summed E-state index contributed by atoms with van der Waals surface area (Å²) in [5, 5.41) is 0. The van der Waals surface area contributed by atoms with Gasteiger partial charge >= 0.3 is 6.09 Å². The molecule has 4 atom stereocenters. The maximum absolute atomic E-state index is 12.9. The molecule has 3 amide bonds. The van der Waals surface area contributed by atoms with E-state index >= 15 is 0 Å². The van der Waals surface area contributed by atoms with Gasteiger partial charge in [0.15, 0.2) is 0 Å². The lowest BCUT2D eigenvalue weighted by Crippen LogP contribution is -2.57. The summed E-state index contributed by atoms with van der Waals surface area (Å²) in [7, 11) is 3.87. The van der Waals surface area contributed by atoms with E-state index < -0.39 is 5.60 Å². The minimum Gasteiger partial charge on any atom is -0.444 e. The molecular formula is C21H36N4O4. The van der Waals surface area contributed by atoms with Crippen molar-refractivity contribution >= 4 is 17.9 Å². The molecule has 3 heterocycles. The molecule has 0 aromatic carbocycles. The van der Waals surface area contributed by atoms with Gasteiger partial charge in [-0.1, -0.05) is 6.92 Å². The number of nitrogens with zero attached hydrogens (tertiary/aromatic N) is 4. The summed E-state index contributed by atoms with van der Waals surface area (Å²) in [6.45, 7) is 9.44. The number of likely N-dealkylation sites (tertiary alicyclic amines) is 3. The summed E-state index contributed by atoms with van der Waals surface area (Å²) >= 11 is 0. The van der Waals surface area contributed by atoms with Crippen molar-refractivity contribution in [2.24, 2.45) is 0 Å². The highest BCUT2D eigenvalue weighted by molar-refractivity contribution is 5.84. The van der Waals surface area contributed by atoms with Crippen molar-refractivity contribution < 1.29 is 19.1 Å². The summed E-state index contributed by atoms with van der Waals surface area (Å²) in [4.78, 5) is 45.6. The Kier molecular flexibility index (Phi) is 6.13. The molecule has 3 rings (SSSR count). The molecule has 29 heavy (non-hydrogen) atoms. The first-order valence-electron chi connectivity index (χ1n) is 10.8. The second kappa shape index (κ2) is 8.13. The molecule has 8 nitrogen and oxygen atoms in total. The lowest BCUT2D eigenvalue weighted by atomic mass is 9.99. The molecule has 0 N–H and O–H groups in total. The molecule has 1 unspecified atom stereocenters. The van der Waals surface area contributed by atoms with Crippen LogP contribution in [0.5, 0.6) is 0 Å². The van der Waals surface area contributed by atoms with E-state index in [1.165, 1.54) is 0 Å². The smallest absolute Gasteiger partial charge is 0.410 e. The van der Waals surface area contributed by atoms with E-state index in [2.05, 4.69) is 0 Å². The van der Waals surface area contributed by atoms with Crippen LogP contribution >= 0.6 is 0 Å². The zero-order valence-electron chi connectivity index (χ0n) is 18.7. The Morgan fingerprint density at radius 3 is 2.14 bits per heavy atom. The van der Waals surface area contributed by atoms with Crippen LogP contribution in [0, 0.1) is 0 Å². The molecule has 3 saturated heterocycles. The van der Waals surface area contributed by atoms with Crippen molar-refractivity contribution in [3.8, 4) is 0 Å². The zero-order chi connectivity index (χ0) is 21.5. The van der Waals surface area contributed by atoms with Crippen LogP contribution in [0.2, 0.25) is 0 Å². The summed E-state index contributed by atoms with van der Waals surface area (Å²) < 4.78 is 5.43. The molecule has 8 heteroatoms. The van der Waals surface area contributed by atoms with Gasteiger partial charge in [-0.2, -0.15) is 0 Å². The zero-order valence-corrected chi connectivity index (χ0v) is 18.7. The van der Waals surface area contributed by atoms with Crippen LogP contribution in [0.25, 0.3) is 0 Å². The normalized spacial score (nSPS) is 27.3. The highest BCUT2D eigenvalue weighted by Gasteiger charge is 2.49. The number of piperazine rings is 1. The third-order valence-corrected chi connectivity index (χ3v) is 6.32. The number of carbonyl (C=O) groups excluding carboxylic acids is 3. The molecular weight excluding hydrogens is 372 g/mol. The molecule has 3 fully saturated rings. The Balaban J connectivity index is 1.52. The van der Waals surface area contributed by atoms with Gasteiger partial charge in [0.05, 0.1) is 18.1 Å². The number of amides is 3. The van der Waals surface area contributed by atoms with Gasteiger partial charge in [-0.25, -0.2) is 4.79 Å². The van der Waals surface area contributed by atoms with E-state index in [9.17, 15) is 14.4 Å². The topological polar surface area (TPSA) is 73.4 Å². The number of carbonyl (C=O) groups is 3. The fraction of sp³-hybridized carbons (Fsp3) is 0.857. The van der Waals surface area contributed by atoms with E-state index in [-0.39, 0.29) is 42.1 Å². The number of hydrogen-bond acceptors (Lipinski definition) is 5. The SMILES string of the molecule is CC[C@@H](C(=O)N1C[C@@H]2C[C@H]1CN2C(=O)CC1CCN1C(=O)OC(C)(C)C)N(C)C. The fourth-order valence-electron chi connectivity index (χ4n) is 4.73. The summed E-state index contributed by atoms with van der Waals surface area (Å²) in [6.07, 6.45) is 2.48. The van der Waals surface area contributed by atoms with E-state index in [1.807, 2.05) is 56.5 Å². The quantitative estimate of drug-likeness (QED) is 0.690. The van der Waals surface area contributed by atoms with Crippen LogP contribution in [0.15, 0.2) is 0 Å². The second-order valence-electron chi connectivity index (χ2n) is 9.79. The minimum absolute atomic E-state index is 0.0765. The monoisotopic (exact) mass is 408 g/mol. The van der Waals surface area contributed by atoms with Crippen molar-refractivity contribution in [2.45, 2.75) is 83.1 Å². The van der Waals surface area contributed by atoms with E-state index in [0.717, 1.165) is 19.3 Å². The minimum atomic E-state index is -0.533. The Labute approximate surface area is 174 Å². The number of rotatable bonds is 5. The van der Waals surface area contributed by atoms with Gasteiger partial charge in [0, 0.05) is 32.1 Å². The fourth-order valence-corrected chi connectivity index (χ4v) is 4.73. The summed E-state index contributed by atoms with van der Waals surface area (Å²) in [6, 6.07) is 0.0447. The van der Waals surface area contributed by atoms with Crippen molar-refractivity contribution in [3.05, 3.63) is 0 Å². The Bertz CT molecular complexity index is 660. The van der Waals surface area contributed by atoms with Gasteiger partial charge in [0.25, 0.3) is 0 Å². The van der Waals surface area contributed by atoms with E-state index in [4.69, 9.17) is 4.74 Å². The average Bonchev–Trinajstić information content (AvgIpc) is 3.17. The number of ether oxygens (including phenoxy) is 1. The number of fused-ring (bicyclic) bond motifs is 2. The molecule has 0 aromatic heterocycles. The lowest BCUT2D eigenvalue weighted by molar-refractivity contribution is -0.143. The van der Waals surface area contributed by atoms with Crippen LogP contribution in [0.3, 0.4) is 0 Å². The molecule has 0 aromatic rings. The number of hydrogen-bond donors (Lipinski definition) is 0.